The monoisotopic (exact) mass is 229 g/mol. The van der Waals surface area contributed by atoms with Gasteiger partial charge in [0.1, 0.15) is 0 Å². The Hall–Kier alpha value is -1.57. The van der Waals surface area contributed by atoms with Crippen LogP contribution in [0.3, 0.4) is 0 Å². The number of piperidine rings is 1. The molecular formula is C15H19NO. The van der Waals surface area contributed by atoms with E-state index in [4.69, 9.17) is 0 Å². The Morgan fingerprint density at radius 3 is 2.82 bits per heavy atom. The molecule has 2 rings (SSSR count). The third kappa shape index (κ3) is 3.45. The minimum atomic E-state index is 0.139. The van der Waals surface area contributed by atoms with E-state index in [0.717, 1.165) is 25.1 Å². The van der Waals surface area contributed by atoms with Gasteiger partial charge >= 0.3 is 0 Å². The first kappa shape index (κ1) is 11.9. The molecule has 0 bridgehead atoms. The SMILES string of the molecule is C[C@H]1CCCN(C(=O)/C=C\c2ccccc2)C1. The minimum absolute atomic E-state index is 0.139. The quantitative estimate of drug-likeness (QED) is 0.714. The Balaban J connectivity index is 1.94. The Kier molecular flexibility index (Phi) is 3.97. The molecular weight excluding hydrogens is 210 g/mol. The van der Waals surface area contributed by atoms with E-state index in [2.05, 4.69) is 6.92 Å². The Morgan fingerprint density at radius 2 is 2.12 bits per heavy atom. The molecule has 1 fully saturated rings. The van der Waals surface area contributed by atoms with Crippen LogP contribution in [0.4, 0.5) is 0 Å². The number of rotatable bonds is 2. The molecule has 0 saturated carbocycles. The summed E-state index contributed by atoms with van der Waals surface area (Å²) in [5.41, 5.74) is 1.07. The van der Waals surface area contributed by atoms with Gasteiger partial charge in [-0.1, -0.05) is 37.3 Å². The molecule has 0 radical (unpaired) electrons. The van der Waals surface area contributed by atoms with E-state index in [0.29, 0.717) is 5.92 Å². The predicted molar refractivity (Wildman–Crippen MR) is 70.5 cm³/mol. The van der Waals surface area contributed by atoms with Gasteiger partial charge < -0.3 is 4.90 Å². The van der Waals surface area contributed by atoms with Crippen molar-refractivity contribution in [1.82, 2.24) is 4.90 Å². The lowest BCUT2D eigenvalue weighted by Crippen LogP contribution is -2.38. The highest BCUT2D eigenvalue weighted by Crippen LogP contribution is 2.15. The zero-order valence-corrected chi connectivity index (χ0v) is 10.3. The average Bonchev–Trinajstić information content (AvgIpc) is 2.37. The van der Waals surface area contributed by atoms with Gasteiger partial charge in [0.25, 0.3) is 0 Å². The maximum atomic E-state index is 12.0. The van der Waals surface area contributed by atoms with Crippen molar-refractivity contribution in [1.29, 1.82) is 0 Å². The summed E-state index contributed by atoms with van der Waals surface area (Å²) in [6.45, 7) is 4.01. The largest absolute Gasteiger partial charge is 0.339 e. The number of hydrogen-bond donors (Lipinski definition) is 0. The maximum absolute atomic E-state index is 12.0. The Labute approximate surface area is 103 Å². The molecule has 0 aromatic heterocycles. The number of carbonyl (C=O) groups excluding carboxylic acids is 1. The molecule has 2 heteroatoms. The van der Waals surface area contributed by atoms with Crippen molar-refractivity contribution in [2.45, 2.75) is 19.8 Å². The Bertz CT molecular complexity index is 397. The van der Waals surface area contributed by atoms with E-state index < -0.39 is 0 Å². The summed E-state index contributed by atoms with van der Waals surface area (Å²) in [5.74, 6) is 0.776. The van der Waals surface area contributed by atoms with Gasteiger partial charge in [0.15, 0.2) is 0 Å². The smallest absolute Gasteiger partial charge is 0.246 e. The first-order chi connectivity index (χ1) is 8.25. The lowest BCUT2D eigenvalue weighted by Gasteiger charge is -2.30. The van der Waals surface area contributed by atoms with E-state index >= 15 is 0 Å². The molecule has 1 amide bonds. The summed E-state index contributed by atoms with van der Waals surface area (Å²) < 4.78 is 0. The fraction of sp³-hybridized carbons (Fsp3) is 0.400. The van der Waals surface area contributed by atoms with Gasteiger partial charge in [-0.05, 0) is 30.4 Å². The van der Waals surface area contributed by atoms with Crippen LogP contribution in [0, 0.1) is 5.92 Å². The van der Waals surface area contributed by atoms with Crippen LogP contribution in [0.15, 0.2) is 36.4 Å². The molecule has 1 saturated heterocycles. The molecule has 1 aromatic rings. The summed E-state index contributed by atoms with van der Waals surface area (Å²) in [6.07, 6.45) is 5.95. The van der Waals surface area contributed by atoms with E-state index in [9.17, 15) is 4.79 Å². The molecule has 2 nitrogen and oxygen atoms in total. The standard InChI is InChI=1S/C15H19NO/c1-13-6-5-11-16(12-13)15(17)10-9-14-7-3-2-4-8-14/h2-4,7-10,13H,5-6,11-12H2,1H3/b10-9-/t13-/m0/s1. The van der Waals surface area contributed by atoms with Crippen LogP contribution in [0.25, 0.3) is 6.08 Å². The molecule has 0 aliphatic carbocycles. The van der Waals surface area contributed by atoms with Crippen LogP contribution >= 0.6 is 0 Å². The molecule has 0 unspecified atom stereocenters. The second kappa shape index (κ2) is 5.67. The van der Waals surface area contributed by atoms with Crippen LogP contribution in [0.1, 0.15) is 25.3 Å². The van der Waals surface area contributed by atoms with Crippen molar-refractivity contribution < 1.29 is 4.79 Å². The lowest BCUT2D eigenvalue weighted by molar-refractivity contribution is -0.127. The number of amides is 1. The van der Waals surface area contributed by atoms with Gasteiger partial charge in [0.05, 0.1) is 0 Å². The highest BCUT2D eigenvalue weighted by molar-refractivity contribution is 5.91. The number of likely N-dealkylation sites (tertiary alicyclic amines) is 1. The molecule has 0 N–H and O–H groups in total. The fourth-order valence-corrected chi connectivity index (χ4v) is 2.23. The van der Waals surface area contributed by atoms with Crippen LogP contribution in [-0.2, 0) is 4.79 Å². The van der Waals surface area contributed by atoms with E-state index in [-0.39, 0.29) is 5.91 Å². The fourth-order valence-electron chi connectivity index (χ4n) is 2.23. The predicted octanol–water partition coefficient (Wildman–Crippen LogP) is 2.96. The molecule has 90 valence electrons. The van der Waals surface area contributed by atoms with Crippen LogP contribution in [0.2, 0.25) is 0 Å². The highest BCUT2D eigenvalue weighted by atomic mass is 16.2. The van der Waals surface area contributed by atoms with Crippen molar-refractivity contribution in [3.05, 3.63) is 42.0 Å². The van der Waals surface area contributed by atoms with Crippen LogP contribution < -0.4 is 0 Å². The number of hydrogen-bond acceptors (Lipinski definition) is 1. The topological polar surface area (TPSA) is 20.3 Å². The lowest BCUT2D eigenvalue weighted by atomic mass is 10.0. The first-order valence-corrected chi connectivity index (χ1v) is 6.28. The van der Waals surface area contributed by atoms with Gasteiger partial charge in [-0.15, -0.1) is 0 Å². The molecule has 1 heterocycles. The van der Waals surface area contributed by atoms with Crippen LogP contribution in [0.5, 0.6) is 0 Å². The first-order valence-electron chi connectivity index (χ1n) is 6.28. The van der Waals surface area contributed by atoms with E-state index in [1.54, 1.807) is 6.08 Å². The van der Waals surface area contributed by atoms with Gasteiger partial charge in [-0.2, -0.15) is 0 Å². The van der Waals surface area contributed by atoms with Crippen molar-refractivity contribution in [2.75, 3.05) is 13.1 Å². The van der Waals surface area contributed by atoms with Crippen LogP contribution in [-0.4, -0.2) is 23.9 Å². The molecule has 17 heavy (non-hydrogen) atoms. The van der Waals surface area contributed by atoms with E-state index in [1.165, 1.54) is 6.42 Å². The van der Waals surface area contributed by atoms with Gasteiger partial charge in [-0.25, -0.2) is 0 Å². The zero-order chi connectivity index (χ0) is 12.1. The second-order valence-corrected chi connectivity index (χ2v) is 4.78. The molecule has 0 spiro atoms. The van der Waals surface area contributed by atoms with Gasteiger partial charge in [0, 0.05) is 19.2 Å². The van der Waals surface area contributed by atoms with Crippen molar-refractivity contribution >= 4 is 12.0 Å². The molecule has 1 aromatic carbocycles. The second-order valence-electron chi connectivity index (χ2n) is 4.78. The molecule has 1 atom stereocenters. The van der Waals surface area contributed by atoms with Gasteiger partial charge in [0.2, 0.25) is 5.91 Å². The summed E-state index contributed by atoms with van der Waals surface area (Å²) in [5, 5.41) is 0. The minimum Gasteiger partial charge on any atom is -0.339 e. The average molecular weight is 229 g/mol. The third-order valence-electron chi connectivity index (χ3n) is 3.19. The number of carbonyl (C=O) groups is 1. The zero-order valence-electron chi connectivity index (χ0n) is 10.3. The maximum Gasteiger partial charge on any atom is 0.246 e. The van der Waals surface area contributed by atoms with Crippen molar-refractivity contribution in [2.24, 2.45) is 5.92 Å². The normalized spacial score (nSPS) is 20.8. The molecule has 1 aliphatic heterocycles. The Morgan fingerprint density at radius 1 is 1.35 bits per heavy atom. The summed E-state index contributed by atoms with van der Waals surface area (Å²) in [4.78, 5) is 13.9. The van der Waals surface area contributed by atoms with Crippen molar-refractivity contribution in [3.63, 3.8) is 0 Å². The van der Waals surface area contributed by atoms with Crippen molar-refractivity contribution in [3.8, 4) is 0 Å². The number of nitrogens with zero attached hydrogens (tertiary/aromatic N) is 1. The number of benzene rings is 1. The molecule has 1 aliphatic rings. The summed E-state index contributed by atoms with van der Waals surface area (Å²) >= 11 is 0. The summed E-state index contributed by atoms with van der Waals surface area (Å²) in [7, 11) is 0. The highest BCUT2D eigenvalue weighted by Gasteiger charge is 2.18. The summed E-state index contributed by atoms with van der Waals surface area (Å²) in [6, 6.07) is 9.94. The van der Waals surface area contributed by atoms with E-state index in [1.807, 2.05) is 41.3 Å². The van der Waals surface area contributed by atoms with Gasteiger partial charge in [-0.3, -0.25) is 4.79 Å². The third-order valence-corrected chi connectivity index (χ3v) is 3.19.